The summed E-state index contributed by atoms with van der Waals surface area (Å²) in [7, 11) is 0. The Kier molecular flexibility index (Phi) is 5.56. The van der Waals surface area contributed by atoms with Gasteiger partial charge in [-0.3, -0.25) is 0 Å². The molecule has 17 heavy (non-hydrogen) atoms. The summed E-state index contributed by atoms with van der Waals surface area (Å²) in [6.45, 7) is 6.26. The van der Waals surface area contributed by atoms with Crippen LogP contribution in [0.15, 0.2) is 22.7 Å². The molecular formula is C13H19BrFNO. The van der Waals surface area contributed by atoms with Gasteiger partial charge in [0.05, 0.1) is 6.10 Å². The zero-order valence-corrected chi connectivity index (χ0v) is 12.0. The minimum atomic E-state index is -0.410. The van der Waals surface area contributed by atoms with Gasteiger partial charge >= 0.3 is 0 Å². The van der Waals surface area contributed by atoms with Crippen LogP contribution in [0.4, 0.5) is 4.39 Å². The minimum absolute atomic E-state index is 0.124. The van der Waals surface area contributed by atoms with Crippen molar-refractivity contribution in [2.24, 2.45) is 5.92 Å². The maximum atomic E-state index is 13.6. The first-order valence-electron chi connectivity index (χ1n) is 5.78. The van der Waals surface area contributed by atoms with E-state index in [9.17, 15) is 9.50 Å². The molecule has 0 radical (unpaired) electrons. The predicted octanol–water partition coefficient (Wildman–Crippen LogP) is 3.26. The first-order chi connectivity index (χ1) is 7.91. The standard InChI is InChI=1S/C13H19BrFNO/c1-8(2)13(17)7-16-9(3)11-6-10(14)4-5-12(11)15/h4-6,8-9,13,16-17H,7H2,1-3H3. The largest absolute Gasteiger partial charge is 0.392 e. The number of hydrogen-bond acceptors (Lipinski definition) is 2. The number of aliphatic hydroxyl groups excluding tert-OH is 1. The van der Waals surface area contributed by atoms with Gasteiger partial charge in [0.25, 0.3) is 0 Å². The highest BCUT2D eigenvalue weighted by molar-refractivity contribution is 9.10. The first kappa shape index (κ1) is 14.6. The Labute approximate surface area is 110 Å². The highest BCUT2D eigenvalue weighted by atomic mass is 79.9. The zero-order valence-electron chi connectivity index (χ0n) is 10.4. The lowest BCUT2D eigenvalue weighted by molar-refractivity contribution is 0.120. The van der Waals surface area contributed by atoms with E-state index in [2.05, 4.69) is 21.2 Å². The quantitative estimate of drug-likeness (QED) is 0.875. The summed E-state index contributed by atoms with van der Waals surface area (Å²) in [5, 5.41) is 12.8. The number of hydrogen-bond donors (Lipinski definition) is 2. The molecule has 2 unspecified atom stereocenters. The van der Waals surface area contributed by atoms with E-state index in [1.165, 1.54) is 6.07 Å². The summed E-state index contributed by atoms with van der Waals surface area (Å²) in [6, 6.07) is 4.75. The third-order valence-corrected chi connectivity index (χ3v) is 3.32. The van der Waals surface area contributed by atoms with E-state index in [4.69, 9.17) is 0 Å². The van der Waals surface area contributed by atoms with E-state index in [1.54, 1.807) is 12.1 Å². The third-order valence-electron chi connectivity index (χ3n) is 2.83. The lowest BCUT2D eigenvalue weighted by Crippen LogP contribution is -2.32. The molecular weight excluding hydrogens is 285 g/mol. The van der Waals surface area contributed by atoms with Crippen LogP contribution in [0.1, 0.15) is 32.4 Å². The van der Waals surface area contributed by atoms with Crippen molar-refractivity contribution in [3.05, 3.63) is 34.1 Å². The Balaban J connectivity index is 2.63. The molecule has 0 aliphatic rings. The fraction of sp³-hybridized carbons (Fsp3) is 0.538. The van der Waals surface area contributed by atoms with Crippen molar-refractivity contribution in [1.29, 1.82) is 0 Å². The minimum Gasteiger partial charge on any atom is -0.392 e. The summed E-state index contributed by atoms with van der Waals surface area (Å²) < 4.78 is 14.4. The van der Waals surface area contributed by atoms with Gasteiger partial charge in [0.15, 0.2) is 0 Å². The van der Waals surface area contributed by atoms with Crippen LogP contribution < -0.4 is 5.32 Å². The van der Waals surface area contributed by atoms with E-state index in [-0.39, 0.29) is 17.8 Å². The molecule has 4 heteroatoms. The molecule has 2 nitrogen and oxygen atoms in total. The second kappa shape index (κ2) is 6.47. The molecule has 1 aromatic rings. The molecule has 0 bridgehead atoms. The Morgan fingerprint density at radius 3 is 2.59 bits per heavy atom. The summed E-state index contributed by atoms with van der Waals surface area (Å²) >= 11 is 3.32. The molecule has 2 N–H and O–H groups in total. The van der Waals surface area contributed by atoms with Gasteiger partial charge in [-0.25, -0.2) is 4.39 Å². The van der Waals surface area contributed by atoms with Gasteiger partial charge in [-0.2, -0.15) is 0 Å². The molecule has 0 amide bonds. The number of aliphatic hydroxyl groups is 1. The normalized spacial score (nSPS) is 15.0. The second-order valence-electron chi connectivity index (χ2n) is 4.61. The highest BCUT2D eigenvalue weighted by Crippen LogP contribution is 2.21. The molecule has 1 rings (SSSR count). The molecule has 0 spiro atoms. The van der Waals surface area contributed by atoms with E-state index in [0.717, 1.165) is 4.47 Å². The van der Waals surface area contributed by atoms with Gasteiger partial charge in [-0.1, -0.05) is 29.8 Å². The lowest BCUT2D eigenvalue weighted by atomic mass is 10.1. The Morgan fingerprint density at radius 2 is 2.00 bits per heavy atom. The maximum absolute atomic E-state index is 13.6. The molecule has 2 atom stereocenters. The molecule has 0 aliphatic carbocycles. The highest BCUT2D eigenvalue weighted by Gasteiger charge is 2.14. The van der Waals surface area contributed by atoms with Crippen LogP contribution >= 0.6 is 15.9 Å². The van der Waals surface area contributed by atoms with Crippen LogP contribution in [-0.2, 0) is 0 Å². The average molecular weight is 304 g/mol. The van der Waals surface area contributed by atoms with E-state index < -0.39 is 6.10 Å². The Hall–Kier alpha value is -0.450. The van der Waals surface area contributed by atoms with Crippen molar-refractivity contribution in [2.75, 3.05) is 6.54 Å². The van der Waals surface area contributed by atoms with Crippen LogP contribution in [0.5, 0.6) is 0 Å². The summed E-state index contributed by atoms with van der Waals surface area (Å²) in [6.07, 6.45) is -0.410. The number of benzene rings is 1. The van der Waals surface area contributed by atoms with Crippen molar-refractivity contribution in [2.45, 2.75) is 32.9 Å². The summed E-state index contributed by atoms with van der Waals surface area (Å²) in [5.74, 6) is -0.0331. The fourth-order valence-electron chi connectivity index (χ4n) is 1.49. The fourth-order valence-corrected chi connectivity index (χ4v) is 1.87. The van der Waals surface area contributed by atoms with Gasteiger partial charge in [-0.05, 0) is 31.0 Å². The van der Waals surface area contributed by atoms with Gasteiger partial charge in [0, 0.05) is 22.6 Å². The molecule has 0 aromatic heterocycles. The SMILES string of the molecule is CC(NCC(O)C(C)C)c1cc(Br)ccc1F. The lowest BCUT2D eigenvalue weighted by Gasteiger charge is -2.20. The van der Waals surface area contributed by atoms with Crippen molar-refractivity contribution in [3.63, 3.8) is 0 Å². The monoisotopic (exact) mass is 303 g/mol. The number of nitrogens with one attached hydrogen (secondary N) is 1. The number of rotatable bonds is 5. The van der Waals surface area contributed by atoms with Gasteiger partial charge in [-0.15, -0.1) is 0 Å². The van der Waals surface area contributed by atoms with Crippen LogP contribution in [-0.4, -0.2) is 17.8 Å². The van der Waals surface area contributed by atoms with Crippen molar-refractivity contribution in [3.8, 4) is 0 Å². The molecule has 0 fully saturated rings. The van der Waals surface area contributed by atoms with Gasteiger partial charge in [0.1, 0.15) is 5.82 Å². The van der Waals surface area contributed by atoms with Crippen LogP contribution in [0, 0.1) is 11.7 Å². The Morgan fingerprint density at radius 1 is 1.35 bits per heavy atom. The van der Waals surface area contributed by atoms with Crippen molar-refractivity contribution < 1.29 is 9.50 Å². The van der Waals surface area contributed by atoms with Gasteiger partial charge in [0.2, 0.25) is 0 Å². The smallest absolute Gasteiger partial charge is 0.128 e. The molecule has 0 saturated carbocycles. The molecule has 0 saturated heterocycles. The molecule has 0 aliphatic heterocycles. The molecule has 0 heterocycles. The second-order valence-corrected chi connectivity index (χ2v) is 5.52. The van der Waals surface area contributed by atoms with Crippen LogP contribution in [0.25, 0.3) is 0 Å². The number of halogens is 2. The summed E-state index contributed by atoms with van der Waals surface area (Å²) in [4.78, 5) is 0. The first-order valence-corrected chi connectivity index (χ1v) is 6.57. The van der Waals surface area contributed by atoms with Gasteiger partial charge < -0.3 is 10.4 Å². The molecule has 1 aromatic carbocycles. The van der Waals surface area contributed by atoms with Crippen LogP contribution in [0.3, 0.4) is 0 Å². The Bertz CT molecular complexity index is 370. The maximum Gasteiger partial charge on any atom is 0.128 e. The van der Waals surface area contributed by atoms with E-state index in [0.29, 0.717) is 12.1 Å². The third kappa shape index (κ3) is 4.37. The van der Waals surface area contributed by atoms with Crippen molar-refractivity contribution >= 4 is 15.9 Å². The van der Waals surface area contributed by atoms with E-state index >= 15 is 0 Å². The van der Waals surface area contributed by atoms with Crippen molar-refractivity contribution in [1.82, 2.24) is 5.32 Å². The predicted molar refractivity (Wildman–Crippen MR) is 71.4 cm³/mol. The average Bonchev–Trinajstić information content (AvgIpc) is 2.28. The van der Waals surface area contributed by atoms with Crippen LogP contribution in [0.2, 0.25) is 0 Å². The topological polar surface area (TPSA) is 32.3 Å². The summed E-state index contributed by atoms with van der Waals surface area (Å²) in [5.41, 5.74) is 0.607. The van der Waals surface area contributed by atoms with E-state index in [1.807, 2.05) is 20.8 Å². The molecule has 96 valence electrons. The zero-order chi connectivity index (χ0) is 13.0.